The Kier molecular flexibility index (Phi) is 5.85. The lowest BCUT2D eigenvalue weighted by Gasteiger charge is -2.25. The van der Waals surface area contributed by atoms with Gasteiger partial charge in [0.15, 0.2) is 0 Å². The highest BCUT2D eigenvalue weighted by atomic mass is 16.2. The maximum absolute atomic E-state index is 13.8. The number of hydrogen-bond donors (Lipinski definition) is 0. The van der Waals surface area contributed by atoms with Gasteiger partial charge in [0, 0.05) is 13.2 Å². The topological polar surface area (TPSA) is 70.6 Å². The molecule has 168 valence electrons. The predicted molar refractivity (Wildman–Crippen MR) is 129 cm³/mol. The minimum absolute atomic E-state index is 0.112. The number of fused-ring (bicyclic) bond motifs is 1. The van der Waals surface area contributed by atoms with Crippen LogP contribution in [0.1, 0.15) is 81.7 Å². The number of anilines is 2. The van der Waals surface area contributed by atoms with Gasteiger partial charge in [-0.1, -0.05) is 52.0 Å². The number of carbonyl (C=O) groups is 3. The molecule has 1 aromatic heterocycles. The third-order valence-electron chi connectivity index (χ3n) is 6.05. The first kappa shape index (κ1) is 22.4. The van der Waals surface area contributed by atoms with Gasteiger partial charge >= 0.3 is 0 Å². The molecule has 0 bridgehead atoms. The van der Waals surface area contributed by atoms with Crippen LogP contribution in [0.25, 0.3) is 0 Å². The molecule has 0 radical (unpaired) electrons. The fraction of sp³-hybridized carbons (Fsp3) is 0.259. The molecule has 2 heterocycles. The van der Waals surface area contributed by atoms with Crippen molar-refractivity contribution in [2.75, 3.05) is 16.8 Å². The molecular formula is C27H27N3O3. The first-order valence-corrected chi connectivity index (χ1v) is 11.1. The van der Waals surface area contributed by atoms with Crippen molar-refractivity contribution in [3.63, 3.8) is 0 Å². The summed E-state index contributed by atoms with van der Waals surface area (Å²) in [6.07, 6.45) is 3.20. The molecule has 0 unspecified atom stereocenters. The van der Waals surface area contributed by atoms with Crippen LogP contribution < -0.4 is 9.80 Å². The third-order valence-corrected chi connectivity index (χ3v) is 6.05. The molecule has 0 aliphatic carbocycles. The SMILES string of the molecule is CC(C)c1cccc(C(C)C)c1N1C(=O)c2cccc(C(=O)N(C)c3cccnc3)c2C1=O. The Labute approximate surface area is 193 Å². The van der Waals surface area contributed by atoms with Gasteiger partial charge in [-0.05, 0) is 47.2 Å². The van der Waals surface area contributed by atoms with Gasteiger partial charge < -0.3 is 4.90 Å². The number of imide groups is 1. The molecule has 1 aliphatic heterocycles. The van der Waals surface area contributed by atoms with E-state index >= 15 is 0 Å². The highest BCUT2D eigenvalue weighted by molar-refractivity contribution is 6.37. The number of carbonyl (C=O) groups excluding carboxylic acids is 3. The monoisotopic (exact) mass is 441 g/mol. The Morgan fingerprint density at radius 1 is 0.879 bits per heavy atom. The first-order valence-electron chi connectivity index (χ1n) is 11.1. The van der Waals surface area contributed by atoms with Crippen LogP contribution in [0.4, 0.5) is 11.4 Å². The summed E-state index contributed by atoms with van der Waals surface area (Å²) >= 11 is 0. The van der Waals surface area contributed by atoms with E-state index in [1.165, 1.54) is 9.80 Å². The largest absolute Gasteiger partial charge is 0.310 e. The van der Waals surface area contributed by atoms with E-state index in [9.17, 15) is 14.4 Å². The summed E-state index contributed by atoms with van der Waals surface area (Å²) < 4.78 is 0. The molecule has 0 fully saturated rings. The summed E-state index contributed by atoms with van der Waals surface area (Å²) in [7, 11) is 1.63. The van der Waals surface area contributed by atoms with Crippen molar-refractivity contribution in [2.24, 2.45) is 0 Å². The van der Waals surface area contributed by atoms with Crippen LogP contribution in [0.15, 0.2) is 60.9 Å². The maximum atomic E-state index is 13.8. The quantitative estimate of drug-likeness (QED) is 0.497. The number of aromatic nitrogens is 1. The van der Waals surface area contributed by atoms with Crippen molar-refractivity contribution in [1.29, 1.82) is 0 Å². The molecule has 4 rings (SSSR count). The van der Waals surface area contributed by atoms with Gasteiger partial charge in [0.05, 0.1) is 34.3 Å². The van der Waals surface area contributed by atoms with Crippen molar-refractivity contribution in [3.05, 3.63) is 88.7 Å². The first-order chi connectivity index (χ1) is 15.7. The van der Waals surface area contributed by atoms with Crippen LogP contribution in [0, 0.1) is 0 Å². The minimum Gasteiger partial charge on any atom is -0.310 e. The molecule has 6 heteroatoms. The van der Waals surface area contributed by atoms with Crippen LogP contribution in [0.5, 0.6) is 0 Å². The zero-order chi connectivity index (χ0) is 23.9. The van der Waals surface area contributed by atoms with Crippen molar-refractivity contribution < 1.29 is 14.4 Å². The Morgan fingerprint density at radius 3 is 2.09 bits per heavy atom. The summed E-state index contributed by atoms with van der Waals surface area (Å²) in [5.41, 5.74) is 3.68. The number of rotatable bonds is 5. The van der Waals surface area contributed by atoms with E-state index in [2.05, 4.69) is 4.98 Å². The van der Waals surface area contributed by atoms with Gasteiger partial charge in [-0.3, -0.25) is 19.4 Å². The molecule has 0 N–H and O–H groups in total. The minimum atomic E-state index is -0.464. The molecule has 0 spiro atoms. The van der Waals surface area contributed by atoms with Crippen molar-refractivity contribution in [3.8, 4) is 0 Å². The second-order valence-electron chi connectivity index (χ2n) is 8.84. The Bertz CT molecular complexity index is 1220. The highest BCUT2D eigenvalue weighted by Crippen LogP contribution is 2.40. The summed E-state index contributed by atoms with van der Waals surface area (Å²) in [5, 5.41) is 0. The number of pyridine rings is 1. The molecule has 0 atom stereocenters. The lowest BCUT2D eigenvalue weighted by molar-refractivity contribution is 0.0917. The molecular weight excluding hydrogens is 414 g/mol. The molecule has 2 aromatic carbocycles. The fourth-order valence-electron chi connectivity index (χ4n) is 4.29. The third kappa shape index (κ3) is 3.71. The van der Waals surface area contributed by atoms with Gasteiger partial charge in [-0.15, -0.1) is 0 Å². The standard InChI is InChI=1S/C27H27N3O3/c1-16(2)19-10-6-11-20(17(3)4)24(19)30-26(32)22-13-7-12-21(23(22)27(30)33)25(31)29(5)18-9-8-14-28-15-18/h6-17H,1-5H3. The van der Waals surface area contributed by atoms with Gasteiger partial charge in [0.25, 0.3) is 17.7 Å². The molecule has 33 heavy (non-hydrogen) atoms. The average Bonchev–Trinajstić information content (AvgIpc) is 3.07. The number of hydrogen-bond acceptors (Lipinski definition) is 4. The highest BCUT2D eigenvalue weighted by Gasteiger charge is 2.42. The van der Waals surface area contributed by atoms with Crippen LogP contribution in [0.2, 0.25) is 0 Å². The van der Waals surface area contributed by atoms with Crippen LogP contribution in [0.3, 0.4) is 0 Å². The van der Waals surface area contributed by atoms with Crippen molar-refractivity contribution in [1.82, 2.24) is 4.98 Å². The van der Waals surface area contributed by atoms with Crippen molar-refractivity contribution >= 4 is 29.1 Å². The second-order valence-corrected chi connectivity index (χ2v) is 8.84. The number of nitrogens with zero attached hydrogens (tertiary/aromatic N) is 3. The molecule has 0 saturated carbocycles. The van der Waals surface area contributed by atoms with E-state index in [4.69, 9.17) is 0 Å². The number of benzene rings is 2. The van der Waals surface area contributed by atoms with Crippen LogP contribution in [-0.2, 0) is 0 Å². The van der Waals surface area contributed by atoms with E-state index < -0.39 is 11.8 Å². The van der Waals surface area contributed by atoms with Gasteiger partial charge in [0.1, 0.15) is 0 Å². The van der Waals surface area contributed by atoms with Crippen LogP contribution >= 0.6 is 0 Å². The maximum Gasteiger partial charge on any atom is 0.266 e. The zero-order valence-electron chi connectivity index (χ0n) is 19.5. The van der Waals surface area contributed by atoms with E-state index in [0.717, 1.165) is 11.1 Å². The van der Waals surface area contributed by atoms with Crippen molar-refractivity contribution in [2.45, 2.75) is 39.5 Å². The molecule has 6 nitrogen and oxygen atoms in total. The van der Waals surface area contributed by atoms with Gasteiger partial charge in [-0.2, -0.15) is 0 Å². The molecule has 3 amide bonds. The number of amides is 3. The van der Waals surface area contributed by atoms with Crippen LogP contribution in [-0.4, -0.2) is 29.8 Å². The molecule has 1 aliphatic rings. The lowest BCUT2D eigenvalue weighted by Crippen LogP contribution is -2.33. The Balaban J connectivity index is 1.85. The van der Waals surface area contributed by atoms with E-state index in [-0.39, 0.29) is 34.4 Å². The van der Waals surface area contributed by atoms with E-state index in [1.807, 2.05) is 45.9 Å². The predicted octanol–water partition coefficient (Wildman–Crippen LogP) is 5.41. The normalized spacial score (nSPS) is 13.1. The summed E-state index contributed by atoms with van der Waals surface area (Å²) in [6.45, 7) is 8.16. The van der Waals surface area contributed by atoms with E-state index in [0.29, 0.717) is 11.4 Å². The summed E-state index contributed by atoms with van der Waals surface area (Å²) in [4.78, 5) is 47.4. The average molecular weight is 442 g/mol. The van der Waals surface area contributed by atoms with E-state index in [1.54, 1.807) is 49.8 Å². The van der Waals surface area contributed by atoms with Gasteiger partial charge in [0.2, 0.25) is 0 Å². The smallest absolute Gasteiger partial charge is 0.266 e. The Hall–Kier alpha value is -3.80. The summed E-state index contributed by atoms with van der Waals surface area (Å²) in [6, 6.07) is 14.2. The second kappa shape index (κ2) is 8.62. The summed E-state index contributed by atoms with van der Waals surface area (Å²) in [5.74, 6) is -1.01. The molecule has 0 saturated heterocycles. The molecule has 3 aromatic rings. The Morgan fingerprint density at radius 2 is 1.52 bits per heavy atom. The van der Waals surface area contributed by atoms with Gasteiger partial charge in [-0.25, -0.2) is 4.90 Å². The lowest BCUT2D eigenvalue weighted by atomic mass is 9.92. The number of para-hydroxylation sites is 1. The zero-order valence-corrected chi connectivity index (χ0v) is 19.5. The fourth-order valence-corrected chi connectivity index (χ4v) is 4.29.